The van der Waals surface area contributed by atoms with Crippen LogP contribution in [0.4, 0.5) is 0 Å². The van der Waals surface area contributed by atoms with E-state index < -0.39 is 0 Å². The molecular weight excluding hydrogens is 242 g/mol. The fourth-order valence-electron chi connectivity index (χ4n) is 2.04. The van der Waals surface area contributed by atoms with Gasteiger partial charge >= 0.3 is 0 Å². The second-order valence-corrected chi connectivity index (χ2v) is 5.47. The molecule has 0 aliphatic carbocycles. The molecule has 19 heavy (non-hydrogen) atoms. The van der Waals surface area contributed by atoms with E-state index >= 15 is 0 Å². The molecule has 1 rings (SSSR count). The van der Waals surface area contributed by atoms with Gasteiger partial charge in [0.15, 0.2) is 5.96 Å². The molecule has 0 unspecified atom stereocenters. The zero-order chi connectivity index (χ0) is 14.1. The first-order chi connectivity index (χ1) is 9.12. The fraction of sp³-hybridized carbons (Fsp3) is 0.929. The first-order valence-electron chi connectivity index (χ1n) is 7.27. The van der Waals surface area contributed by atoms with E-state index in [9.17, 15) is 0 Å². The van der Waals surface area contributed by atoms with Gasteiger partial charge in [-0.1, -0.05) is 13.8 Å². The van der Waals surface area contributed by atoms with Crippen LogP contribution in [-0.2, 0) is 9.47 Å². The van der Waals surface area contributed by atoms with Crippen LogP contribution < -0.4 is 10.6 Å². The normalized spacial score (nSPS) is 19.5. The summed E-state index contributed by atoms with van der Waals surface area (Å²) >= 11 is 0. The third kappa shape index (κ3) is 5.78. The Labute approximate surface area is 117 Å². The van der Waals surface area contributed by atoms with Crippen molar-refractivity contribution >= 4 is 5.96 Å². The predicted octanol–water partition coefficient (Wildman–Crippen LogP) is 1.39. The Morgan fingerprint density at radius 1 is 1.32 bits per heavy atom. The van der Waals surface area contributed by atoms with Gasteiger partial charge in [0.25, 0.3) is 0 Å². The van der Waals surface area contributed by atoms with E-state index in [2.05, 4.69) is 36.4 Å². The summed E-state index contributed by atoms with van der Waals surface area (Å²) in [6.07, 6.45) is 1.83. The van der Waals surface area contributed by atoms with Gasteiger partial charge in [-0.15, -0.1) is 0 Å². The second-order valence-electron chi connectivity index (χ2n) is 5.47. The van der Waals surface area contributed by atoms with Gasteiger partial charge in [0, 0.05) is 46.3 Å². The highest BCUT2D eigenvalue weighted by atomic mass is 16.5. The largest absolute Gasteiger partial charge is 0.381 e. The predicted molar refractivity (Wildman–Crippen MR) is 78.6 cm³/mol. The monoisotopic (exact) mass is 271 g/mol. The molecule has 0 aromatic carbocycles. The smallest absolute Gasteiger partial charge is 0.191 e. The molecule has 0 saturated carbocycles. The molecule has 112 valence electrons. The van der Waals surface area contributed by atoms with Crippen LogP contribution in [0, 0.1) is 5.92 Å². The van der Waals surface area contributed by atoms with Crippen LogP contribution in [0.5, 0.6) is 0 Å². The van der Waals surface area contributed by atoms with Crippen LogP contribution in [-0.4, -0.2) is 51.5 Å². The Hall–Kier alpha value is -0.810. The molecule has 2 N–H and O–H groups in total. The molecule has 0 spiro atoms. The number of ether oxygens (including phenoxy) is 2. The maximum atomic E-state index is 5.69. The summed E-state index contributed by atoms with van der Waals surface area (Å²) in [5.41, 5.74) is -0.154. The van der Waals surface area contributed by atoms with Crippen molar-refractivity contribution in [2.24, 2.45) is 10.9 Å². The molecule has 0 aromatic rings. The lowest BCUT2D eigenvalue weighted by molar-refractivity contribution is -0.0828. The molecule has 1 aliphatic heterocycles. The molecule has 0 amide bonds. The van der Waals surface area contributed by atoms with Crippen LogP contribution in [0.3, 0.4) is 0 Å². The lowest BCUT2D eigenvalue weighted by Gasteiger charge is -2.34. The topological polar surface area (TPSA) is 54.9 Å². The van der Waals surface area contributed by atoms with Crippen molar-refractivity contribution < 1.29 is 9.47 Å². The zero-order valence-electron chi connectivity index (χ0n) is 12.8. The number of nitrogens with one attached hydrogen (secondary N) is 2. The summed E-state index contributed by atoms with van der Waals surface area (Å²) in [5, 5.41) is 6.62. The number of methoxy groups -OCH3 is 1. The lowest BCUT2D eigenvalue weighted by atomic mass is 9.94. The summed E-state index contributed by atoms with van der Waals surface area (Å²) in [7, 11) is 1.77. The van der Waals surface area contributed by atoms with Crippen molar-refractivity contribution in [3.05, 3.63) is 0 Å². The number of aliphatic imine (C=N–C) groups is 1. The third-order valence-electron chi connectivity index (χ3n) is 3.38. The van der Waals surface area contributed by atoms with Gasteiger partial charge in [-0.2, -0.15) is 0 Å². The van der Waals surface area contributed by atoms with E-state index in [-0.39, 0.29) is 5.60 Å². The van der Waals surface area contributed by atoms with E-state index in [0.29, 0.717) is 12.5 Å². The van der Waals surface area contributed by atoms with E-state index in [4.69, 9.17) is 9.47 Å². The molecular formula is C14H29N3O2. The van der Waals surface area contributed by atoms with Gasteiger partial charge < -0.3 is 20.1 Å². The van der Waals surface area contributed by atoms with Gasteiger partial charge in [-0.05, 0) is 12.8 Å². The molecule has 1 saturated heterocycles. The Bertz CT molecular complexity index is 274. The molecule has 0 aromatic heterocycles. The van der Waals surface area contributed by atoms with Gasteiger partial charge in [0.05, 0.1) is 12.1 Å². The van der Waals surface area contributed by atoms with Crippen molar-refractivity contribution in [1.82, 2.24) is 10.6 Å². The van der Waals surface area contributed by atoms with Crippen molar-refractivity contribution in [3.63, 3.8) is 0 Å². The highest BCUT2D eigenvalue weighted by molar-refractivity contribution is 5.79. The second kappa shape index (κ2) is 8.38. The average Bonchev–Trinajstić information content (AvgIpc) is 2.43. The number of guanidine groups is 1. The summed E-state index contributed by atoms with van der Waals surface area (Å²) in [6.45, 7) is 10.4. The standard InChI is InChI=1S/C14H29N3O2/c1-5-15-13(16-10-12(2)3)17-11-14(18-4)6-8-19-9-7-14/h12H,5-11H2,1-4H3,(H2,15,16,17). The molecule has 0 atom stereocenters. The van der Waals surface area contributed by atoms with Crippen LogP contribution in [0.15, 0.2) is 4.99 Å². The maximum absolute atomic E-state index is 5.69. The van der Waals surface area contributed by atoms with Crippen LogP contribution in [0.1, 0.15) is 33.6 Å². The van der Waals surface area contributed by atoms with Crippen LogP contribution in [0.2, 0.25) is 0 Å². The molecule has 5 nitrogen and oxygen atoms in total. The van der Waals surface area contributed by atoms with E-state index in [1.807, 2.05) is 0 Å². The fourth-order valence-corrected chi connectivity index (χ4v) is 2.04. The summed E-state index contributed by atoms with van der Waals surface area (Å²) in [4.78, 5) is 4.67. The average molecular weight is 271 g/mol. The molecule has 1 aliphatic rings. The van der Waals surface area contributed by atoms with Crippen LogP contribution in [0.25, 0.3) is 0 Å². The summed E-state index contributed by atoms with van der Waals surface area (Å²) in [5.74, 6) is 1.47. The quantitative estimate of drug-likeness (QED) is 0.566. The highest BCUT2D eigenvalue weighted by Gasteiger charge is 2.32. The van der Waals surface area contributed by atoms with E-state index in [1.54, 1.807) is 7.11 Å². The molecule has 1 fully saturated rings. The lowest BCUT2D eigenvalue weighted by Crippen LogP contribution is -2.44. The summed E-state index contributed by atoms with van der Waals surface area (Å²) < 4.78 is 11.1. The van der Waals surface area contributed by atoms with Crippen molar-refractivity contribution in [2.45, 2.75) is 39.2 Å². The van der Waals surface area contributed by atoms with Gasteiger partial charge in [0.1, 0.15) is 0 Å². The maximum Gasteiger partial charge on any atom is 0.191 e. The Morgan fingerprint density at radius 3 is 2.53 bits per heavy atom. The SMILES string of the molecule is CCNC(=NCC1(OC)CCOCC1)NCC(C)C. The molecule has 1 heterocycles. The van der Waals surface area contributed by atoms with Crippen molar-refractivity contribution in [3.8, 4) is 0 Å². The van der Waals surface area contributed by atoms with Crippen molar-refractivity contribution in [2.75, 3.05) is 40.0 Å². The van der Waals surface area contributed by atoms with Gasteiger partial charge in [-0.25, -0.2) is 0 Å². The minimum atomic E-state index is -0.154. The molecule has 0 radical (unpaired) electrons. The number of hydrogen-bond donors (Lipinski definition) is 2. The third-order valence-corrected chi connectivity index (χ3v) is 3.38. The van der Waals surface area contributed by atoms with Gasteiger partial charge in [0.2, 0.25) is 0 Å². The molecule has 0 bridgehead atoms. The molecule has 5 heteroatoms. The van der Waals surface area contributed by atoms with E-state index in [0.717, 1.165) is 45.1 Å². The van der Waals surface area contributed by atoms with Crippen LogP contribution >= 0.6 is 0 Å². The number of hydrogen-bond acceptors (Lipinski definition) is 3. The Balaban J connectivity index is 2.56. The minimum Gasteiger partial charge on any atom is -0.381 e. The Morgan fingerprint density at radius 2 is 2.00 bits per heavy atom. The minimum absolute atomic E-state index is 0.154. The number of nitrogens with zero attached hydrogens (tertiary/aromatic N) is 1. The number of rotatable bonds is 6. The highest BCUT2D eigenvalue weighted by Crippen LogP contribution is 2.24. The first kappa shape index (κ1) is 16.2. The van der Waals surface area contributed by atoms with Crippen molar-refractivity contribution in [1.29, 1.82) is 0 Å². The van der Waals surface area contributed by atoms with Gasteiger partial charge in [-0.3, -0.25) is 4.99 Å². The first-order valence-corrected chi connectivity index (χ1v) is 7.27. The zero-order valence-corrected chi connectivity index (χ0v) is 12.8. The summed E-state index contributed by atoms with van der Waals surface area (Å²) in [6, 6.07) is 0. The Kier molecular flexibility index (Phi) is 7.16. The van der Waals surface area contributed by atoms with E-state index in [1.165, 1.54) is 0 Å².